The number of aliphatic carboxylic acids is 1. The summed E-state index contributed by atoms with van der Waals surface area (Å²) in [6.45, 7) is 0.476. The van der Waals surface area contributed by atoms with Crippen LogP contribution in [-0.2, 0) is 14.3 Å². The highest BCUT2D eigenvalue weighted by atomic mass is 16.5. The molecule has 1 heterocycles. The van der Waals surface area contributed by atoms with Crippen LogP contribution in [0, 0.1) is 0 Å². The Morgan fingerprint density at radius 3 is 2.74 bits per heavy atom. The fourth-order valence-electron chi connectivity index (χ4n) is 1.93. The van der Waals surface area contributed by atoms with Crippen LogP contribution < -0.4 is 5.32 Å². The minimum absolute atomic E-state index is 0.0245. The minimum atomic E-state index is -1.50. The Balaban J connectivity index is 2.40. The molecule has 0 bridgehead atoms. The summed E-state index contributed by atoms with van der Waals surface area (Å²) in [6.07, 6.45) is -0.323. The van der Waals surface area contributed by atoms with E-state index in [0.717, 1.165) is 0 Å². The summed E-state index contributed by atoms with van der Waals surface area (Å²) >= 11 is 0. The number of rotatable bonds is 5. The maximum Gasteiger partial charge on any atom is 0.332 e. The molecule has 2 unspecified atom stereocenters. The van der Waals surface area contributed by atoms with Crippen molar-refractivity contribution < 1.29 is 29.3 Å². The average Bonchev–Trinajstić information content (AvgIpc) is 2.86. The van der Waals surface area contributed by atoms with Gasteiger partial charge in [-0.3, -0.25) is 0 Å². The molecule has 0 aromatic heterocycles. The van der Waals surface area contributed by atoms with Crippen molar-refractivity contribution in [3.8, 4) is 0 Å². The van der Waals surface area contributed by atoms with Crippen LogP contribution in [0.15, 0.2) is 0 Å². The smallest absolute Gasteiger partial charge is 0.332 e. The topological polar surface area (TPSA) is 116 Å². The fraction of sp³-hybridized carbons (Fsp3) is 0.727. The first kappa shape index (κ1) is 15.2. The molecule has 1 rings (SSSR count). The van der Waals surface area contributed by atoms with Gasteiger partial charge in [0, 0.05) is 19.5 Å². The van der Waals surface area contributed by atoms with Crippen LogP contribution in [0.3, 0.4) is 0 Å². The number of carboxylic acids is 1. The lowest BCUT2D eigenvalue weighted by molar-refractivity contribution is -0.146. The molecule has 0 aliphatic carbocycles. The van der Waals surface area contributed by atoms with Gasteiger partial charge in [-0.15, -0.1) is 0 Å². The highest BCUT2D eigenvalue weighted by Crippen LogP contribution is 2.18. The van der Waals surface area contributed by atoms with Gasteiger partial charge >= 0.3 is 18.0 Å². The lowest BCUT2D eigenvalue weighted by Crippen LogP contribution is -2.47. The van der Waals surface area contributed by atoms with E-state index in [9.17, 15) is 14.4 Å². The Bertz CT molecular complexity index is 359. The van der Waals surface area contributed by atoms with Crippen molar-refractivity contribution in [3.05, 3.63) is 0 Å². The molecule has 2 atom stereocenters. The number of aliphatic hydroxyl groups excluding tert-OH is 1. The predicted octanol–water partition coefficient (Wildman–Crippen LogP) is -0.831. The number of hydrogen-bond donors (Lipinski definition) is 3. The van der Waals surface area contributed by atoms with Crippen LogP contribution in [0.1, 0.15) is 19.3 Å². The second kappa shape index (κ2) is 6.93. The van der Waals surface area contributed by atoms with E-state index in [0.29, 0.717) is 19.4 Å². The summed E-state index contributed by atoms with van der Waals surface area (Å²) in [6, 6.07) is -1.04. The molecule has 0 aromatic rings. The van der Waals surface area contributed by atoms with E-state index in [-0.39, 0.29) is 13.0 Å². The van der Waals surface area contributed by atoms with Crippen molar-refractivity contribution in [1.82, 2.24) is 10.2 Å². The number of aliphatic hydroxyl groups is 1. The average molecular weight is 274 g/mol. The Morgan fingerprint density at radius 1 is 1.47 bits per heavy atom. The number of carbonyl (C=O) groups is 3. The number of hydrogen-bond acceptors (Lipinski definition) is 5. The van der Waals surface area contributed by atoms with E-state index in [1.165, 1.54) is 12.0 Å². The maximum atomic E-state index is 11.8. The van der Waals surface area contributed by atoms with E-state index in [4.69, 9.17) is 10.2 Å². The highest BCUT2D eigenvalue weighted by molar-refractivity contribution is 5.84. The van der Waals surface area contributed by atoms with Gasteiger partial charge in [0.1, 0.15) is 6.04 Å². The number of urea groups is 1. The van der Waals surface area contributed by atoms with Gasteiger partial charge < -0.3 is 25.2 Å². The summed E-state index contributed by atoms with van der Waals surface area (Å²) in [5.41, 5.74) is 0. The molecule has 0 aromatic carbocycles. The number of methoxy groups -OCH3 is 1. The molecule has 1 aliphatic rings. The first-order valence-corrected chi connectivity index (χ1v) is 6.00. The SMILES string of the molecule is COC(=O)C1CCCN1C(=O)NCCC(O)C(=O)O. The summed E-state index contributed by atoms with van der Waals surface area (Å²) in [5, 5.41) is 20.0. The number of nitrogens with one attached hydrogen (secondary N) is 1. The van der Waals surface area contributed by atoms with Gasteiger partial charge in [0.05, 0.1) is 7.11 Å². The largest absolute Gasteiger partial charge is 0.479 e. The lowest BCUT2D eigenvalue weighted by atomic mass is 10.2. The highest BCUT2D eigenvalue weighted by Gasteiger charge is 2.34. The van der Waals surface area contributed by atoms with Crippen LogP contribution in [0.5, 0.6) is 0 Å². The standard InChI is InChI=1S/C11H18N2O6/c1-19-10(17)7-3-2-6-13(7)11(18)12-5-4-8(14)9(15)16/h7-8,14H,2-6H2,1H3,(H,12,18)(H,15,16). The van der Waals surface area contributed by atoms with Crippen molar-refractivity contribution >= 4 is 18.0 Å². The van der Waals surface area contributed by atoms with E-state index in [2.05, 4.69) is 10.1 Å². The molecule has 108 valence electrons. The second-order valence-corrected chi connectivity index (χ2v) is 4.25. The number of likely N-dealkylation sites (tertiary alicyclic amines) is 1. The summed E-state index contributed by atoms with van der Waals surface area (Å²) < 4.78 is 4.61. The normalized spacial score (nSPS) is 19.9. The molecule has 0 radical (unpaired) electrons. The van der Waals surface area contributed by atoms with Gasteiger partial charge in [-0.2, -0.15) is 0 Å². The number of carboxylic acid groups (broad SMARTS) is 1. The lowest BCUT2D eigenvalue weighted by Gasteiger charge is -2.23. The zero-order valence-corrected chi connectivity index (χ0v) is 10.7. The van der Waals surface area contributed by atoms with Crippen LogP contribution >= 0.6 is 0 Å². The zero-order chi connectivity index (χ0) is 14.4. The molecule has 1 saturated heterocycles. The number of ether oxygens (including phenoxy) is 1. The molecule has 8 heteroatoms. The van der Waals surface area contributed by atoms with Crippen molar-refractivity contribution in [3.63, 3.8) is 0 Å². The number of nitrogens with zero attached hydrogens (tertiary/aromatic N) is 1. The summed E-state index contributed by atoms with van der Waals surface area (Å²) in [5.74, 6) is -1.79. The Hall–Kier alpha value is -1.83. The monoisotopic (exact) mass is 274 g/mol. The first-order valence-electron chi connectivity index (χ1n) is 6.00. The van der Waals surface area contributed by atoms with Crippen LogP contribution in [0.2, 0.25) is 0 Å². The summed E-state index contributed by atoms with van der Waals surface area (Å²) in [4.78, 5) is 35.0. The van der Waals surface area contributed by atoms with Gasteiger partial charge in [-0.05, 0) is 12.8 Å². The van der Waals surface area contributed by atoms with Gasteiger partial charge in [0.25, 0.3) is 0 Å². The van der Waals surface area contributed by atoms with E-state index < -0.39 is 30.1 Å². The van der Waals surface area contributed by atoms with Gasteiger partial charge in [0.2, 0.25) is 0 Å². The van der Waals surface area contributed by atoms with Crippen LogP contribution in [0.4, 0.5) is 4.79 Å². The molecule has 1 fully saturated rings. The van der Waals surface area contributed by atoms with Crippen LogP contribution in [-0.4, -0.2) is 65.4 Å². The Kier molecular flexibility index (Phi) is 5.56. The molecule has 0 spiro atoms. The Morgan fingerprint density at radius 2 is 2.16 bits per heavy atom. The second-order valence-electron chi connectivity index (χ2n) is 4.25. The maximum absolute atomic E-state index is 11.8. The third kappa shape index (κ3) is 4.09. The van der Waals surface area contributed by atoms with Crippen molar-refractivity contribution in [2.24, 2.45) is 0 Å². The van der Waals surface area contributed by atoms with E-state index in [1.54, 1.807) is 0 Å². The van der Waals surface area contributed by atoms with E-state index >= 15 is 0 Å². The van der Waals surface area contributed by atoms with Gasteiger partial charge in [-0.25, -0.2) is 14.4 Å². The molecule has 0 saturated carbocycles. The van der Waals surface area contributed by atoms with Crippen molar-refractivity contribution in [1.29, 1.82) is 0 Å². The molecule has 8 nitrogen and oxygen atoms in total. The summed E-state index contributed by atoms with van der Waals surface area (Å²) in [7, 11) is 1.26. The number of carbonyl (C=O) groups excluding carboxylic acids is 2. The predicted molar refractivity (Wildman–Crippen MR) is 63.4 cm³/mol. The fourth-order valence-corrected chi connectivity index (χ4v) is 1.93. The molecular formula is C11H18N2O6. The van der Waals surface area contributed by atoms with Gasteiger partial charge in [-0.1, -0.05) is 0 Å². The third-order valence-corrected chi connectivity index (χ3v) is 2.97. The van der Waals surface area contributed by atoms with Gasteiger partial charge in [0.15, 0.2) is 6.10 Å². The Labute approximate surface area is 110 Å². The quantitative estimate of drug-likeness (QED) is 0.563. The first-order chi connectivity index (χ1) is 8.97. The molecule has 3 N–H and O–H groups in total. The number of amides is 2. The molecule has 1 aliphatic heterocycles. The molecule has 2 amide bonds. The zero-order valence-electron chi connectivity index (χ0n) is 10.7. The van der Waals surface area contributed by atoms with Crippen molar-refractivity contribution in [2.75, 3.05) is 20.2 Å². The van der Waals surface area contributed by atoms with Crippen molar-refractivity contribution in [2.45, 2.75) is 31.4 Å². The molecule has 19 heavy (non-hydrogen) atoms. The van der Waals surface area contributed by atoms with E-state index in [1.807, 2.05) is 0 Å². The minimum Gasteiger partial charge on any atom is -0.479 e. The molecular weight excluding hydrogens is 256 g/mol. The third-order valence-electron chi connectivity index (χ3n) is 2.97. The van der Waals surface area contributed by atoms with Crippen LogP contribution in [0.25, 0.3) is 0 Å². The number of esters is 1.